The second-order valence-electron chi connectivity index (χ2n) is 3.78. The first-order chi connectivity index (χ1) is 9.15. The van der Waals surface area contributed by atoms with E-state index in [2.05, 4.69) is 26.6 Å². The molecule has 0 aliphatic rings. The number of hydrogen-bond acceptors (Lipinski definition) is 2. The maximum Gasteiger partial charge on any atom is 0.257 e. The molecular weight excluding hydrogens is 324 g/mol. The van der Waals surface area contributed by atoms with E-state index >= 15 is 0 Å². The Bertz CT molecular complexity index is 584. The number of carbonyl (C=O) groups is 1. The third-order valence-electron chi connectivity index (χ3n) is 2.37. The van der Waals surface area contributed by atoms with Crippen molar-refractivity contribution in [3.63, 3.8) is 0 Å². The summed E-state index contributed by atoms with van der Waals surface area (Å²) in [6, 6.07) is 16.5. The summed E-state index contributed by atoms with van der Waals surface area (Å²) in [5.74, 6) is -0.227. The molecule has 3 nitrogen and oxygen atoms in total. The van der Waals surface area contributed by atoms with Gasteiger partial charge >= 0.3 is 0 Å². The van der Waals surface area contributed by atoms with Crippen molar-refractivity contribution in [2.45, 2.75) is 0 Å². The van der Waals surface area contributed by atoms with Gasteiger partial charge in [-0.25, -0.2) is 0 Å². The predicted octanol–water partition coefficient (Wildman–Crippen LogP) is 3.58. The molecule has 0 saturated carbocycles. The highest BCUT2D eigenvalue weighted by atomic mass is 79.9. The summed E-state index contributed by atoms with van der Waals surface area (Å²) in [6.07, 6.45) is 0. The molecule has 2 N–H and O–H groups in total. The Labute approximate surface area is 125 Å². The lowest BCUT2D eigenvalue weighted by molar-refractivity contribution is 0.0978. The molecule has 0 heterocycles. The third kappa shape index (κ3) is 4.15. The quantitative estimate of drug-likeness (QED) is 0.825. The second-order valence-corrected chi connectivity index (χ2v) is 5.11. The number of nitrogens with one attached hydrogen (secondary N) is 2. The number of rotatable bonds is 2. The summed E-state index contributed by atoms with van der Waals surface area (Å²) in [6.45, 7) is 0. The van der Waals surface area contributed by atoms with Gasteiger partial charge in [0.15, 0.2) is 5.11 Å². The molecule has 0 bridgehead atoms. The van der Waals surface area contributed by atoms with E-state index in [0.29, 0.717) is 5.56 Å². The first kappa shape index (κ1) is 13.7. The lowest BCUT2D eigenvalue weighted by Crippen LogP contribution is -2.34. The molecule has 19 heavy (non-hydrogen) atoms. The highest BCUT2D eigenvalue weighted by Crippen LogP contribution is 2.13. The van der Waals surface area contributed by atoms with Crippen LogP contribution in [0.1, 0.15) is 10.4 Å². The van der Waals surface area contributed by atoms with Crippen molar-refractivity contribution in [2.75, 3.05) is 5.32 Å². The van der Waals surface area contributed by atoms with Crippen LogP contribution in [0.4, 0.5) is 5.69 Å². The molecule has 0 saturated heterocycles. The minimum Gasteiger partial charge on any atom is -0.332 e. The van der Waals surface area contributed by atoms with Gasteiger partial charge in [-0.05, 0) is 48.6 Å². The van der Waals surface area contributed by atoms with Crippen molar-refractivity contribution in [2.24, 2.45) is 0 Å². The Morgan fingerprint density at radius 1 is 1.00 bits per heavy atom. The van der Waals surface area contributed by atoms with E-state index in [9.17, 15) is 4.79 Å². The zero-order chi connectivity index (χ0) is 13.7. The fourth-order valence-electron chi connectivity index (χ4n) is 1.46. The highest BCUT2D eigenvalue weighted by molar-refractivity contribution is 9.10. The molecule has 5 heteroatoms. The Morgan fingerprint density at radius 3 is 2.26 bits per heavy atom. The van der Waals surface area contributed by atoms with E-state index < -0.39 is 0 Å². The molecule has 0 unspecified atom stereocenters. The van der Waals surface area contributed by atoms with Crippen LogP contribution in [0.2, 0.25) is 0 Å². The van der Waals surface area contributed by atoms with E-state index in [0.717, 1.165) is 10.2 Å². The van der Waals surface area contributed by atoms with E-state index in [-0.39, 0.29) is 11.0 Å². The van der Waals surface area contributed by atoms with E-state index in [1.54, 1.807) is 24.3 Å². The topological polar surface area (TPSA) is 41.1 Å². The zero-order valence-corrected chi connectivity index (χ0v) is 12.3. The zero-order valence-electron chi connectivity index (χ0n) is 9.89. The Hall–Kier alpha value is -1.72. The normalized spacial score (nSPS) is 9.74. The second kappa shape index (κ2) is 6.45. The van der Waals surface area contributed by atoms with Gasteiger partial charge in [0.2, 0.25) is 0 Å². The fourth-order valence-corrected chi connectivity index (χ4v) is 1.94. The summed E-state index contributed by atoms with van der Waals surface area (Å²) in [5, 5.41) is 5.85. The van der Waals surface area contributed by atoms with E-state index in [1.807, 2.05) is 30.3 Å². The number of thiocarbonyl (C=S) groups is 1. The molecule has 96 valence electrons. The summed E-state index contributed by atoms with van der Waals surface area (Å²) in [7, 11) is 0. The molecule has 0 aromatic heterocycles. The molecule has 2 aromatic rings. The molecular formula is C14H11BrN2OS. The van der Waals surface area contributed by atoms with Gasteiger partial charge in [0.25, 0.3) is 5.91 Å². The minimum absolute atomic E-state index is 0.227. The summed E-state index contributed by atoms with van der Waals surface area (Å²) in [4.78, 5) is 11.9. The SMILES string of the molecule is O=C(NC(=S)Nc1ccc(Br)cc1)c1ccccc1. The lowest BCUT2D eigenvalue weighted by atomic mass is 10.2. The van der Waals surface area contributed by atoms with Crippen molar-refractivity contribution in [3.05, 3.63) is 64.6 Å². The van der Waals surface area contributed by atoms with Gasteiger partial charge in [-0.2, -0.15) is 0 Å². The first-order valence-electron chi connectivity index (χ1n) is 5.58. The standard InChI is InChI=1S/C14H11BrN2OS/c15-11-6-8-12(9-7-11)16-14(19)17-13(18)10-4-2-1-3-5-10/h1-9H,(H2,16,17,18,19). The first-order valence-corrected chi connectivity index (χ1v) is 6.78. The van der Waals surface area contributed by atoms with Crippen molar-refractivity contribution >= 4 is 44.9 Å². The third-order valence-corrected chi connectivity index (χ3v) is 3.10. The molecule has 2 rings (SSSR count). The molecule has 0 aliphatic heterocycles. The van der Waals surface area contributed by atoms with Gasteiger partial charge in [-0.3, -0.25) is 10.1 Å². The van der Waals surface area contributed by atoms with Crippen LogP contribution in [0.25, 0.3) is 0 Å². The molecule has 0 atom stereocenters. The maximum absolute atomic E-state index is 11.9. The van der Waals surface area contributed by atoms with Crippen molar-refractivity contribution < 1.29 is 4.79 Å². The van der Waals surface area contributed by atoms with Gasteiger partial charge < -0.3 is 5.32 Å². The number of hydrogen-bond donors (Lipinski definition) is 2. The fraction of sp³-hybridized carbons (Fsp3) is 0. The Balaban J connectivity index is 1.95. The van der Waals surface area contributed by atoms with Gasteiger partial charge in [0, 0.05) is 15.7 Å². The van der Waals surface area contributed by atoms with Crippen molar-refractivity contribution in [1.82, 2.24) is 5.32 Å². The predicted molar refractivity (Wildman–Crippen MR) is 84.3 cm³/mol. The molecule has 0 radical (unpaired) electrons. The average Bonchev–Trinajstić information content (AvgIpc) is 2.42. The minimum atomic E-state index is -0.227. The van der Waals surface area contributed by atoms with Gasteiger partial charge in [-0.15, -0.1) is 0 Å². The monoisotopic (exact) mass is 334 g/mol. The number of amides is 1. The number of carbonyl (C=O) groups excluding carboxylic acids is 1. The van der Waals surface area contributed by atoms with Crippen LogP contribution in [0.15, 0.2) is 59.1 Å². The van der Waals surface area contributed by atoms with Crippen molar-refractivity contribution in [1.29, 1.82) is 0 Å². The Kier molecular flexibility index (Phi) is 4.65. The lowest BCUT2D eigenvalue weighted by Gasteiger charge is -2.09. The van der Waals surface area contributed by atoms with Crippen LogP contribution in [-0.2, 0) is 0 Å². The summed E-state index contributed by atoms with van der Waals surface area (Å²) < 4.78 is 0.984. The van der Waals surface area contributed by atoms with Gasteiger partial charge in [-0.1, -0.05) is 34.1 Å². The molecule has 1 amide bonds. The molecule has 0 spiro atoms. The van der Waals surface area contributed by atoms with Crippen LogP contribution in [0.3, 0.4) is 0 Å². The van der Waals surface area contributed by atoms with Crippen LogP contribution in [0, 0.1) is 0 Å². The van der Waals surface area contributed by atoms with Crippen LogP contribution in [-0.4, -0.2) is 11.0 Å². The van der Waals surface area contributed by atoms with E-state index in [4.69, 9.17) is 12.2 Å². The smallest absolute Gasteiger partial charge is 0.257 e. The summed E-state index contributed by atoms with van der Waals surface area (Å²) in [5.41, 5.74) is 1.39. The summed E-state index contributed by atoms with van der Waals surface area (Å²) >= 11 is 8.44. The van der Waals surface area contributed by atoms with E-state index in [1.165, 1.54) is 0 Å². The van der Waals surface area contributed by atoms with Crippen LogP contribution >= 0.6 is 28.1 Å². The molecule has 2 aromatic carbocycles. The highest BCUT2D eigenvalue weighted by Gasteiger charge is 2.06. The Morgan fingerprint density at radius 2 is 1.63 bits per heavy atom. The van der Waals surface area contributed by atoms with Gasteiger partial charge in [0.1, 0.15) is 0 Å². The molecule has 0 aliphatic carbocycles. The number of halogens is 1. The average molecular weight is 335 g/mol. The van der Waals surface area contributed by atoms with Crippen LogP contribution < -0.4 is 10.6 Å². The van der Waals surface area contributed by atoms with Crippen molar-refractivity contribution in [3.8, 4) is 0 Å². The maximum atomic E-state index is 11.9. The van der Waals surface area contributed by atoms with Crippen LogP contribution in [0.5, 0.6) is 0 Å². The molecule has 0 fully saturated rings. The van der Waals surface area contributed by atoms with Gasteiger partial charge in [0.05, 0.1) is 0 Å². The number of benzene rings is 2. The number of anilines is 1. The largest absolute Gasteiger partial charge is 0.332 e.